The summed E-state index contributed by atoms with van der Waals surface area (Å²) in [5, 5.41) is 0.0536. The van der Waals surface area contributed by atoms with Gasteiger partial charge in [-0.1, -0.05) is 13.3 Å². The normalized spacial score (nSPS) is 23.8. The van der Waals surface area contributed by atoms with Crippen molar-refractivity contribution in [2.75, 3.05) is 12.9 Å². The van der Waals surface area contributed by atoms with Crippen LogP contribution in [0, 0.1) is 0 Å². The highest BCUT2D eigenvalue weighted by atomic mass is 32.2. The average molecular weight is 296 g/mol. The van der Waals surface area contributed by atoms with Crippen molar-refractivity contribution in [2.45, 2.75) is 44.3 Å². The van der Waals surface area contributed by atoms with Crippen molar-refractivity contribution in [3.8, 4) is 0 Å². The second kappa shape index (κ2) is 6.97. The molecule has 110 valence electrons. The first-order chi connectivity index (χ1) is 9.67. The minimum Gasteiger partial charge on any atom is -0.468 e. The fraction of sp³-hybridized carbons (Fsp3) is 0.600. The first kappa shape index (κ1) is 15.2. The molecule has 1 atom stereocenters. The fourth-order valence-corrected chi connectivity index (χ4v) is 3.69. The van der Waals surface area contributed by atoms with Crippen LogP contribution in [0.2, 0.25) is 0 Å². The molecule has 1 unspecified atom stereocenters. The van der Waals surface area contributed by atoms with Crippen LogP contribution >= 0.6 is 11.8 Å². The molecule has 2 rings (SSSR count). The molecule has 2 aliphatic rings. The van der Waals surface area contributed by atoms with Crippen molar-refractivity contribution in [1.82, 2.24) is 0 Å². The van der Waals surface area contributed by atoms with Gasteiger partial charge in [-0.2, -0.15) is 0 Å². The quantitative estimate of drug-likeness (QED) is 0.730. The van der Waals surface area contributed by atoms with E-state index in [1.165, 1.54) is 18.9 Å². The Morgan fingerprint density at radius 3 is 3.05 bits per heavy atom. The Morgan fingerprint density at radius 2 is 2.35 bits per heavy atom. The summed E-state index contributed by atoms with van der Waals surface area (Å²) >= 11 is 1.48. The van der Waals surface area contributed by atoms with Gasteiger partial charge < -0.3 is 9.47 Å². The molecule has 1 aliphatic heterocycles. The zero-order chi connectivity index (χ0) is 14.5. The molecule has 0 N–H and O–H groups in total. The van der Waals surface area contributed by atoms with Gasteiger partial charge in [-0.3, -0.25) is 4.79 Å². The smallest absolute Gasteiger partial charge is 0.340 e. The van der Waals surface area contributed by atoms with Crippen molar-refractivity contribution in [3.05, 3.63) is 23.0 Å². The Kier molecular flexibility index (Phi) is 5.29. The Bertz CT molecular complexity index is 464. The molecule has 0 saturated heterocycles. The number of ether oxygens (including phenoxy) is 2. The molecule has 0 aromatic carbocycles. The second-order valence-corrected chi connectivity index (χ2v) is 6.10. The van der Waals surface area contributed by atoms with Crippen molar-refractivity contribution in [2.24, 2.45) is 0 Å². The van der Waals surface area contributed by atoms with Crippen LogP contribution in [0.1, 0.15) is 39.0 Å². The minimum atomic E-state index is -0.254. The molecule has 20 heavy (non-hydrogen) atoms. The molecule has 0 fully saturated rings. The molecular formula is C15H20O4S. The van der Waals surface area contributed by atoms with Crippen LogP contribution < -0.4 is 0 Å². The molecule has 0 radical (unpaired) electrons. The maximum atomic E-state index is 12.1. The molecule has 4 nitrogen and oxygen atoms in total. The van der Waals surface area contributed by atoms with E-state index in [0.717, 1.165) is 49.0 Å². The second-order valence-electron chi connectivity index (χ2n) is 4.91. The van der Waals surface area contributed by atoms with Gasteiger partial charge in [0.2, 0.25) is 0 Å². The Balaban J connectivity index is 2.14. The third kappa shape index (κ3) is 3.26. The summed E-state index contributed by atoms with van der Waals surface area (Å²) in [6.07, 6.45) is 6.79. The van der Waals surface area contributed by atoms with Gasteiger partial charge in [0, 0.05) is 10.8 Å². The number of allylic oxidation sites excluding steroid dienone is 2. The summed E-state index contributed by atoms with van der Waals surface area (Å²) in [5.74, 6) is 0.537. The van der Waals surface area contributed by atoms with Gasteiger partial charge in [-0.05, 0) is 31.8 Å². The number of carbonyl (C=O) groups excluding carboxylic acids is 2. The van der Waals surface area contributed by atoms with Gasteiger partial charge in [-0.15, -0.1) is 11.8 Å². The van der Waals surface area contributed by atoms with Gasteiger partial charge >= 0.3 is 11.9 Å². The minimum absolute atomic E-state index is 0.0536. The van der Waals surface area contributed by atoms with Crippen LogP contribution in [0.25, 0.3) is 0 Å². The third-order valence-electron chi connectivity index (χ3n) is 3.51. The van der Waals surface area contributed by atoms with E-state index < -0.39 is 0 Å². The van der Waals surface area contributed by atoms with Gasteiger partial charge in [-0.25, -0.2) is 4.79 Å². The van der Waals surface area contributed by atoms with Gasteiger partial charge in [0.25, 0.3) is 0 Å². The Hall–Kier alpha value is -1.23. The van der Waals surface area contributed by atoms with Crippen molar-refractivity contribution < 1.29 is 19.1 Å². The highest BCUT2D eigenvalue weighted by molar-refractivity contribution is 8.00. The van der Waals surface area contributed by atoms with E-state index in [1.807, 2.05) is 6.08 Å². The van der Waals surface area contributed by atoms with E-state index in [9.17, 15) is 9.59 Å². The molecule has 0 spiro atoms. The summed E-state index contributed by atoms with van der Waals surface area (Å²) in [6.45, 7) is 2.10. The largest absolute Gasteiger partial charge is 0.468 e. The lowest BCUT2D eigenvalue weighted by atomic mass is 9.91. The molecule has 1 aliphatic carbocycles. The molecule has 0 aromatic rings. The Morgan fingerprint density at radius 1 is 1.55 bits per heavy atom. The molecule has 5 heteroatoms. The van der Waals surface area contributed by atoms with Crippen molar-refractivity contribution >= 4 is 23.7 Å². The fourth-order valence-electron chi connectivity index (χ4n) is 2.50. The van der Waals surface area contributed by atoms with Crippen LogP contribution in [-0.4, -0.2) is 30.1 Å². The van der Waals surface area contributed by atoms with Crippen LogP contribution in [0.5, 0.6) is 0 Å². The highest BCUT2D eigenvalue weighted by Crippen LogP contribution is 2.41. The zero-order valence-corrected chi connectivity index (χ0v) is 12.8. The number of hydrogen-bond acceptors (Lipinski definition) is 5. The van der Waals surface area contributed by atoms with E-state index in [4.69, 9.17) is 4.74 Å². The van der Waals surface area contributed by atoms with Crippen molar-refractivity contribution in [1.29, 1.82) is 0 Å². The van der Waals surface area contributed by atoms with Crippen LogP contribution in [0.4, 0.5) is 0 Å². The monoisotopic (exact) mass is 296 g/mol. The van der Waals surface area contributed by atoms with Crippen LogP contribution in [0.3, 0.4) is 0 Å². The van der Waals surface area contributed by atoms with Gasteiger partial charge in [0.1, 0.15) is 5.76 Å². The topological polar surface area (TPSA) is 52.6 Å². The van der Waals surface area contributed by atoms with Crippen LogP contribution in [-0.2, 0) is 19.1 Å². The molecule has 0 amide bonds. The maximum Gasteiger partial charge on any atom is 0.340 e. The number of hydrogen-bond donors (Lipinski definition) is 0. The molecule has 0 aromatic heterocycles. The summed E-state index contributed by atoms with van der Waals surface area (Å²) in [7, 11) is 1.38. The molecule has 0 bridgehead atoms. The maximum absolute atomic E-state index is 12.1. The average Bonchev–Trinajstić information content (AvgIpc) is 2.79. The van der Waals surface area contributed by atoms with Crippen LogP contribution in [0.15, 0.2) is 23.0 Å². The molecule has 1 heterocycles. The SMILES string of the molecule is CCC/C=C1\OC(=O)C2=C1CCCC2SCC(=O)OC. The standard InChI is InChI=1S/C15H20O4S/c1-3-4-7-11-10-6-5-8-12(14(10)15(17)19-11)20-9-13(16)18-2/h7,12H,3-6,8-9H2,1-2H3/b11-7-. The summed E-state index contributed by atoms with van der Waals surface area (Å²) in [5.41, 5.74) is 1.82. The van der Waals surface area contributed by atoms with E-state index in [0.29, 0.717) is 0 Å². The highest BCUT2D eigenvalue weighted by Gasteiger charge is 2.37. The third-order valence-corrected chi connectivity index (χ3v) is 4.78. The predicted molar refractivity (Wildman–Crippen MR) is 78.2 cm³/mol. The summed E-state index contributed by atoms with van der Waals surface area (Å²) < 4.78 is 10.0. The van der Waals surface area contributed by atoms with Crippen molar-refractivity contribution in [3.63, 3.8) is 0 Å². The number of rotatable bonds is 5. The van der Waals surface area contributed by atoms with E-state index >= 15 is 0 Å². The number of esters is 2. The summed E-state index contributed by atoms with van der Waals surface area (Å²) in [4.78, 5) is 23.3. The lowest BCUT2D eigenvalue weighted by molar-refractivity contribution is -0.137. The van der Waals surface area contributed by atoms with Gasteiger partial charge in [0.15, 0.2) is 0 Å². The lowest BCUT2D eigenvalue weighted by Crippen LogP contribution is -2.19. The van der Waals surface area contributed by atoms with E-state index in [1.54, 1.807) is 0 Å². The first-order valence-electron chi connectivity index (χ1n) is 7.01. The first-order valence-corrected chi connectivity index (χ1v) is 8.06. The predicted octanol–water partition coefficient (Wildman–Crippen LogP) is 2.98. The number of carbonyl (C=O) groups is 2. The summed E-state index contributed by atoms with van der Waals surface area (Å²) in [6, 6.07) is 0. The number of thioether (sulfide) groups is 1. The lowest BCUT2D eigenvalue weighted by Gasteiger charge is -2.21. The molecule has 0 saturated carbocycles. The zero-order valence-electron chi connectivity index (χ0n) is 11.9. The number of methoxy groups -OCH3 is 1. The number of cyclic esters (lactones) is 1. The Labute approximate surface area is 123 Å². The molecular weight excluding hydrogens is 276 g/mol. The van der Waals surface area contributed by atoms with E-state index in [2.05, 4.69) is 11.7 Å². The number of unbranched alkanes of at least 4 members (excludes halogenated alkanes) is 1. The van der Waals surface area contributed by atoms with Gasteiger partial charge in [0.05, 0.1) is 18.4 Å². The van der Waals surface area contributed by atoms with E-state index in [-0.39, 0.29) is 22.9 Å².